The van der Waals surface area contributed by atoms with Crippen LogP contribution in [0.2, 0.25) is 0 Å². The molecule has 86 valence electrons. The van der Waals surface area contributed by atoms with Gasteiger partial charge in [-0.05, 0) is 18.9 Å². The van der Waals surface area contributed by atoms with Crippen molar-refractivity contribution in [1.29, 1.82) is 0 Å². The second kappa shape index (κ2) is 6.05. The van der Waals surface area contributed by atoms with Gasteiger partial charge < -0.3 is 5.32 Å². The smallest absolute Gasteiger partial charge is 0.287 e. The van der Waals surface area contributed by atoms with Crippen LogP contribution in [0.5, 0.6) is 0 Å². The average Bonchev–Trinajstić information content (AvgIpc) is 2.30. The number of amides is 1. The van der Waals surface area contributed by atoms with Crippen molar-refractivity contribution >= 4 is 11.7 Å². The molecule has 0 aromatic heterocycles. The van der Waals surface area contributed by atoms with Crippen LogP contribution in [0.3, 0.4) is 0 Å². The minimum absolute atomic E-state index is 0.0484. The Hall–Kier alpha value is -1.64. The highest BCUT2D eigenvalue weighted by Gasteiger charge is 2.15. The molecule has 1 amide bonds. The van der Waals surface area contributed by atoms with Crippen LogP contribution in [0.15, 0.2) is 30.3 Å². The molecule has 0 heterocycles. The molecule has 1 aromatic carbocycles. The van der Waals surface area contributed by atoms with Crippen molar-refractivity contribution in [3.05, 3.63) is 35.9 Å². The Kier molecular flexibility index (Phi) is 4.70. The van der Waals surface area contributed by atoms with Gasteiger partial charge in [0.25, 0.3) is 5.91 Å². The lowest BCUT2D eigenvalue weighted by Gasteiger charge is -2.10. The van der Waals surface area contributed by atoms with E-state index in [4.69, 9.17) is 0 Å². The quantitative estimate of drug-likeness (QED) is 0.766. The van der Waals surface area contributed by atoms with E-state index in [-0.39, 0.29) is 18.2 Å². The number of ketones is 1. The van der Waals surface area contributed by atoms with Crippen LogP contribution in [0, 0.1) is 0 Å². The van der Waals surface area contributed by atoms with Gasteiger partial charge in [-0.3, -0.25) is 9.59 Å². The van der Waals surface area contributed by atoms with Gasteiger partial charge in [-0.15, -0.1) is 0 Å². The lowest BCUT2D eigenvalue weighted by Crippen LogP contribution is -2.37. The van der Waals surface area contributed by atoms with Gasteiger partial charge >= 0.3 is 0 Å². The Bertz CT molecular complexity index is 359. The molecule has 0 aliphatic carbocycles. The molecule has 0 fully saturated rings. The fourth-order valence-corrected chi connectivity index (χ4v) is 1.27. The number of carbonyl (C=O) groups excluding carboxylic acids is 2. The van der Waals surface area contributed by atoms with E-state index in [2.05, 4.69) is 5.32 Å². The lowest BCUT2D eigenvalue weighted by atomic mass is 10.1. The van der Waals surface area contributed by atoms with Gasteiger partial charge in [-0.2, -0.15) is 0 Å². The van der Waals surface area contributed by atoms with Gasteiger partial charge in [0, 0.05) is 12.5 Å². The maximum Gasteiger partial charge on any atom is 0.287 e. The first kappa shape index (κ1) is 12.4. The van der Waals surface area contributed by atoms with E-state index in [0.717, 1.165) is 12.0 Å². The second-order valence-electron chi connectivity index (χ2n) is 3.87. The molecule has 1 unspecified atom stereocenters. The third-order valence-corrected chi connectivity index (χ3v) is 2.45. The fourth-order valence-electron chi connectivity index (χ4n) is 1.27. The minimum Gasteiger partial charge on any atom is -0.347 e. The monoisotopic (exact) mass is 219 g/mol. The molecule has 0 radical (unpaired) electrons. The first-order chi connectivity index (χ1) is 7.63. The van der Waals surface area contributed by atoms with Gasteiger partial charge in [-0.1, -0.05) is 37.3 Å². The summed E-state index contributed by atoms with van der Waals surface area (Å²) in [6.45, 7) is 3.85. The Morgan fingerprint density at radius 2 is 1.88 bits per heavy atom. The van der Waals surface area contributed by atoms with Crippen LogP contribution in [0.4, 0.5) is 0 Å². The van der Waals surface area contributed by atoms with Crippen molar-refractivity contribution in [2.75, 3.05) is 0 Å². The summed E-state index contributed by atoms with van der Waals surface area (Å²) in [6, 6.07) is 9.33. The molecular weight excluding hydrogens is 202 g/mol. The Balaban J connectivity index is 2.50. The van der Waals surface area contributed by atoms with Gasteiger partial charge in [0.05, 0.1) is 0 Å². The van der Waals surface area contributed by atoms with Gasteiger partial charge in [0.2, 0.25) is 5.78 Å². The molecule has 0 bridgehead atoms. The highest BCUT2D eigenvalue weighted by molar-refractivity contribution is 6.36. The van der Waals surface area contributed by atoms with E-state index in [9.17, 15) is 9.59 Å². The second-order valence-corrected chi connectivity index (χ2v) is 3.87. The molecule has 1 rings (SSSR count). The fraction of sp³-hybridized carbons (Fsp3) is 0.385. The van der Waals surface area contributed by atoms with Crippen LogP contribution >= 0.6 is 0 Å². The molecule has 0 saturated heterocycles. The average molecular weight is 219 g/mol. The Labute approximate surface area is 95.9 Å². The van der Waals surface area contributed by atoms with Crippen LogP contribution in [-0.2, 0) is 16.0 Å². The van der Waals surface area contributed by atoms with E-state index in [1.165, 1.54) is 0 Å². The number of benzene rings is 1. The largest absolute Gasteiger partial charge is 0.347 e. The Morgan fingerprint density at radius 1 is 1.25 bits per heavy atom. The van der Waals surface area contributed by atoms with Gasteiger partial charge in [0.15, 0.2) is 0 Å². The van der Waals surface area contributed by atoms with Crippen LogP contribution in [-0.4, -0.2) is 17.7 Å². The van der Waals surface area contributed by atoms with Crippen molar-refractivity contribution in [2.45, 2.75) is 32.7 Å². The molecule has 1 aromatic rings. The van der Waals surface area contributed by atoms with Crippen LogP contribution in [0.1, 0.15) is 25.8 Å². The number of nitrogens with one attached hydrogen (secondary N) is 1. The summed E-state index contributed by atoms with van der Waals surface area (Å²) in [4.78, 5) is 23.0. The molecule has 0 aliphatic heterocycles. The minimum atomic E-state index is -0.488. The van der Waals surface area contributed by atoms with Crippen molar-refractivity contribution < 1.29 is 9.59 Å². The van der Waals surface area contributed by atoms with Crippen molar-refractivity contribution in [2.24, 2.45) is 0 Å². The van der Waals surface area contributed by atoms with Crippen LogP contribution < -0.4 is 5.32 Å². The summed E-state index contributed by atoms with van der Waals surface area (Å²) in [5.74, 6) is -0.871. The zero-order chi connectivity index (χ0) is 12.0. The predicted octanol–water partition coefficient (Wildman–Crippen LogP) is 1.71. The molecule has 0 spiro atoms. The number of rotatable bonds is 5. The number of hydrogen-bond donors (Lipinski definition) is 1. The number of hydrogen-bond acceptors (Lipinski definition) is 2. The number of Topliss-reactive ketones (excluding diaryl/α,β-unsaturated/α-hetero) is 1. The lowest BCUT2D eigenvalue weighted by molar-refractivity contribution is -0.137. The molecule has 16 heavy (non-hydrogen) atoms. The highest BCUT2D eigenvalue weighted by Crippen LogP contribution is 2.00. The normalized spacial score (nSPS) is 11.9. The topological polar surface area (TPSA) is 46.2 Å². The molecule has 3 nitrogen and oxygen atoms in total. The molecule has 1 N–H and O–H groups in total. The summed E-state index contributed by atoms with van der Waals surface area (Å²) >= 11 is 0. The SMILES string of the molecule is CCC(C)NC(=O)C(=O)Cc1ccccc1. The van der Waals surface area contributed by atoms with E-state index in [1.807, 2.05) is 44.2 Å². The summed E-state index contributed by atoms with van der Waals surface area (Å²) in [5, 5.41) is 2.66. The Morgan fingerprint density at radius 3 is 2.44 bits per heavy atom. The summed E-state index contributed by atoms with van der Waals surface area (Å²) in [7, 11) is 0. The molecule has 3 heteroatoms. The van der Waals surface area contributed by atoms with Crippen molar-refractivity contribution in [3.8, 4) is 0 Å². The standard InChI is InChI=1S/C13H17NO2/c1-3-10(2)14-13(16)12(15)9-11-7-5-4-6-8-11/h4-8,10H,3,9H2,1-2H3,(H,14,16). The van der Waals surface area contributed by atoms with E-state index in [0.29, 0.717) is 0 Å². The highest BCUT2D eigenvalue weighted by atomic mass is 16.2. The van der Waals surface area contributed by atoms with Gasteiger partial charge in [-0.25, -0.2) is 0 Å². The van der Waals surface area contributed by atoms with E-state index in [1.54, 1.807) is 0 Å². The van der Waals surface area contributed by atoms with E-state index >= 15 is 0 Å². The zero-order valence-corrected chi connectivity index (χ0v) is 9.69. The maximum absolute atomic E-state index is 11.6. The summed E-state index contributed by atoms with van der Waals surface area (Å²) < 4.78 is 0. The number of carbonyl (C=O) groups is 2. The third-order valence-electron chi connectivity index (χ3n) is 2.45. The van der Waals surface area contributed by atoms with Crippen molar-refractivity contribution in [3.63, 3.8) is 0 Å². The van der Waals surface area contributed by atoms with Crippen LogP contribution in [0.25, 0.3) is 0 Å². The molecule has 0 saturated carbocycles. The summed E-state index contributed by atoms with van der Waals surface area (Å²) in [6.07, 6.45) is 0.994. The zero-order valence-electron chi connectivity index (χ0n) is 9.69. The summed E-state index contributed by atoms with van der Waals surface area (Å²) in [5.41, 5.74) is 0.867. The van der Waals surface area contributed by atoms with E-state index < -0.39 is 5.91 Å². The van der Waals surface area contributed by atoms with Crippen molar-refractivity contribution in [1.82, 2.24) is 5.32 Å². The molecular formula is C13H17NO2. The maximum atomic E-state index is 11.6. The first-order valence-electron chi connectivity index (χ1n) is 5.51. The molecule has 1 atom stereocenters. The first-order valence-corrected chi connectivity index (χ1v) is 5.51. The van der Waals surface area contributed by atoms with Gasteiger partial charge in [0.1, 0.15) is 0 Å². The molecule has 0 aliphatic rings. The predicted molar refractivity (Wildman–Crippen MR) is 63.0 cm³/mol. The third kappa shape index (κ3) is 3.85.